The summed E-state index contributed by atoms with van der Waals surface area (Å²) in [6.45, 7) is 1.53. The van der Waals surface area contributed by atoms with Gasteiger partial charge in [-0.1, -0.05) is 0 Å². The molecule has 6 nitrogen and oxygen atoms in total. The molecule has 0 bridgehead atoms. The van der Waals surface area contributed by atoms with Crippen LogP contribution in [0.3, 0.4) is 0 Å². The van der Waals surface area contributed by atoms with E-state index in [1.807, 2.05) is 0 Å². The second kappa shape index (κ2) is 5.99. The lowest BCUT2D eigenvalue weighted by Gasteiger charge is -2.34. The Bertz CT molecular complexity index is 927. The Labute approximate surface area is 137 Å². The highest BCUT2D eigenvalue weighted by Crippen LogP contribution is 2.24. The summed E-state index contributed by atoms with van der Waals surface area (Å²) >= 11 is 0. The van der Waals surface area contributed by atoms with Gasteiger partial charge in [0.15, 0.2) is 0 Å². The summed E-state index contributed by atoms with van der Waals surface area (Å²) < 4.78 is 15.1. The Morgan fingerprint density at radius 2 is 2.12 bits per heavy atom. The van der Waals surface area contributed by atoms with E-state index >= 15 is 0 Å². The van der Waals surface area contributed by atoms with E-state index in [-0.39, 0.29) is 11.6 Å². The molecule has 0 amide bonds. The van der Waals surface area contributed by atoms with E-state index in [1.54, 1.807) is 29.5 Å². The van der Waals surface area contributed by atoms with Crippen LogP contribution in [-0.2, 0) is 0 Å². The molecule has 3 heterocycles. The molecular formula is C17H16FN5O. The number of hydrogen-bond acceptors (Lipinski definition) is 5. The van der Waals surface area contributed by atoms with E-state index in [9.17, 15) is 9.18 Å². The molecular weight excluding hydrogens is 309 g/mol. The monoisotopic (exact) mass is 325 g/mol. The number of piperidine rings is 1. The van der Waals surface area contributed by atoms with Crippen molar-refractivity contribution in [3.63, 3.8) is 0 Å². The smallest absolute Gasteiger partial charge is 0.261 e. The van der Waals surface area contributed by atoms with Gasteiger partial charge in [-0.2, -0.15) is 0 Å². The molecule has 4 rings (SSSR count). The van der Waals surface area contributed by atoms with Crippen molar-refractivity contribution in [3.05, 3.63) is 59.3 Å². The minimum absolute atomic E-state index is 0.0200. The quantitative estimate of drug-likeness (QED) is 0.722. The highest BCUT2D eigenvalue weighted by Gasteiger charge is 2.23. The standard InChI is InChI=1S/C17H16FN5O/c18-12-3-4-15-14(8-12)17(24)23(11-21-15)13-2-1-7-22(10-13)16-9-19-5-6-20-16/h3-6,8-9,11,13H,1-2,7,10H2/t13-/m0/s1. The van der Waals surface area contributed by atoms with Crippen molar-refractivity contribution < 1.29 is 4.39 Å². The summed E-state index contributed by atoms with van der Waals surface area (Å²) in [4.78, 5) is 27.6. The summed E-state index contributed by atoms with van der Waals surface area (Å²) in [5.74, 6) is 0.374. The van der Waals surface area contributed by atoms with Crippen molar-refractivity contribution in [1.29, 1.82) is 0 Å². The fraction of sp³-hybridized carbons (Fsp3) is 0.294. The molecule has 0 radical (unpaired) electrons. The van der Waals surface area contributed by atoms with Crippen molar-refractivity contribution in [3.8, 4) is 0 Å². The van der Waals surface area contributed by atoms with Gasteiger partial charge in [-0.05, 0) is 31.0 Å². The Balaban J connectivity index is 1.69. The van der Waals surface area contributed by atoms with Crippen molar-refractivity contribution in [1.82, 2.24) is 19.5 Å². The van der Waals surface area contributed by atoms with Crippen LogP contribution in [0.2, 0.25) is 0 Å². The number of anilines is 1. The lowest BCUT2D eigenvalue weighted by molar-refractivity contribution is 0.393. The molecule has 0 unspecified atom stereocenters. The zero-order valence-electron chi connectivity index (χ0n) is 13.0. The number of fused-ring (bicyclic) bond motifs is 1. The van der Waals surface area contributed by atoms with Crippen LogP contribution in [0.1, 0.15) is 18.9 Å². The molecule has 7 heteroatoms. The molecule has 24 heavy (non-hydrogen) atoms. The third kappa shape index (κ3) is 2.62. The van der Waals surface area contributed by atoms with Crippen molar-refractivity contribution >= 4 is 16.7 Å². The molecule has 1 aliphatic heterocycles. The summed E-state index contributed by atoms with van der Waals surface area (Å²) in [5, 5.41) is 0.314. The normalized spacial score (nSPS) is 18.0. The summed E-state index contributed by atoms with van der Waals surface area (Å²) in [5.41, 5.74) is 0.310. The van der Waals surface area contributed by atoms with Crippen LogP contribution < -0.4 is 10.5 Å². The van der Waals surface area contributed by atoms with E-state index in [4.69, 9.17) is 0 Å². The van der Waals surface area contributed by atoms with Gasteiger partial charge in [-0.15, -0.1) is 0 Å². The number of nitrogens with zero attached hydrogens (tertiary/aromatic N) is 5. The zero-order valence-corrected chi connectivity index (χ0v) is 13.0. The molecule has 2 aromatic heterocycles. The lowest BCUT2D eigenvalue weighted by atomic mass is 10.1. The first-order valence-corrected chi connectivity index (χ1v) is 7.90. The van der Waals surface area contributed by atoms with Crippen LogP contribution in [0.15, 0.2) is 47.9 Å². The highest BCUT2D eigenvalue weighted by atomic mass is 19.1. The van der Waals surface area contributed by atoms with Crippen LogP contribution in [0.4, 0.5) is 10.2 Å². The van der Waals surface area contributed by atoms with Gasteiger partial charge in [0.25, 0.3) is 5.56 Å². The fourth-order valence-corrected chi connectivity index (χ4v) is 3.21. The molecule has 122 valence electrons. The molecule has 1 fully saturated rings. The highest BCUT2D eigenvalue weighted by molar-refractivity contribution is 5.77. The third-order valence-corrected chi connectivity index (χ3v) is 4.41. The number of benzene rings is 1. The van der Waals surface area contributed by atoms with Crippen LogP contribution in [0, 0.1) is 5.82 Å². The average Bonchev–Trinajstić information content (AvgIpc) is 2.63. The van der Waals surface area contributed by atoms with Crippen LogP contribution >= 0.6 is 0 Å². The number of hydrogen-bond donors (Lipinski definition) is 0. The maximum Gasteiger partial charge on any atom is 0.261 e. The predicted octanol–water partition coefficient (Wildman–Crippen LogP) is 2.17. The first-order valence-electron chi connectivity index (χ1n) is 7.90. The van der Waals surface area contributed by atoms with Gasteiger partial charge < -0.3 is 4.90 Å². The molecule has 0 aliphatic carbocycles. The van der Waals surface area contributed by atoms with E-state index in [2.05, 4.69) is 19.9 Å². The van der Waals surface area contributed by atoms with Gasteiger partial charge in [-0.3, -0.25) is 14.3 Å². The molecule has 1 atom stereocenters. The lowest BCUT2D eigenvalue weighted by Crippen LogP contribution is -2.40. The van der Waals surface area contributed by atoms with E-state index < -0.39 is 5.82 Å². The Kier molecular flexibility index (Phi) is 3.68. The molecule has 1 saturated heterocycles. The second-order valence-corrected chi connectivity index (χ2v) is 5.92. The SMILES string of the molecule is O=c1c2cc(F)ccc2ncn1[C@H]1CCCN(c2cnccn2)C1. The van der Waals surface area contributed by atoms with Gasteiger partial charge in [0.2, 0.25) is 0 Å². The summed E-state index contributed by atoms with van der Waals surface area (Å²) in [7, 11) is 0. The maximum absolute atomic E-state index is 13.5. The summed E-state index contributed by atoms with van der Waals surface area (Å²) in [6.07, 6.45) is 8.39. The molecule has 0 N–H and O–H groups in total. The fourth-order valence-electron chi connectivity index (χ4n) is 3.21. The van der Waals surface area contributed by atoms with Crippen molar-refractivity contribution in [2.45, 2.75) is 18.9 Å². The molecule has 1 aliphatic rings. The van der Waals surface area contributed by atoms with Gasteiger partial charge in [-0.25, -0.2) is 14.4 Å². The van der Waals surface area contributed by atoms with Gasteiger partial charge in [0, 0.05) is 25.5 Å². The van der Waals surface area contributed by atoms with Crippen LogP contribution in [0.5, 0.6) is 0 Å². The first-order chi connectivity index (χ1) is 11.7. The van der Waals surface area contributed by atoms with Crippen LogP contribution in [0.25, 0.3) is 10.9 Å². The number of aromatic nitrogens is 4. The second-order valence-electron chi connectivity index (χ2n) is 5.92. The number of rotatable bonds is 2. The van der Waals surface area contributed by atoms with Crippen molar-refractivity contribution in [2.24, 2.45) is 0 Å². The molecule has 1 aromatic carbocycles. The largest absolute Gasteiger partial charge is 0.353 e. The molecule has 0 spiro atoms. The van der Waals surface area contributed by atoms with E-state index in [1.165, 1.54) is 18.2 Å². The minimum atomic E-state index is -0.427. The van der Waals surface area contributed by atoms with Gasteiger partial charge in [0.1, 0.15) is 11.6 Å². The van der Waals surface area contributed by atoms with Crippen molar-refractivity contribution in [2.75, 3.05) is 18.0 Å². The van der Waals surface area contributed by atoms with Gasteiger partial charge in [0.05, 0.1) is 29.5 Å². The molecule has 3 aromatic rings. The van der Waals surface area contributed by atoms with Gasteiger partial charge >= 0.3 is 0 Å². The topological polar surface area (TPSA) is 63.9 Å². The van der Waals surface area contributed by atoms with Crippen LogP contribution in [-0.4, -0.2) is 32.6 Å². The predicted molar refractivity (Wildman–Crippen MR) is 88.5 cm³/mol. The Morgan fingerprint density at radius 3 is 2.96 bits per heavy atom. The average molecular weight is 325 g/mol. The first kappa shape index (κ1) is 14.7. The molecule has 0 saturated carbocycles. The Hall–Kier alpha value is -2.83. The van der Waals surface area contributed by atoms with E-state index in [0.717, 1.165) is 25.2 Å². The van der Waals surface area contributed by atoms with E-state index in [0.29, 0.717) is 17.4 Å². The maximum atomic E-state index is 13.5. The zero-order chi connectivity index (χ0) is 16.5. The Morgan fingerprint density at radius 1 is 1.21 bits per heavy atom. The number of halogens is 1. The summed E-state index contributed by atoms with van der Waals surface area (Å²) in [6, 6.07) is 4.08. The minimum Gasteiger partial charge on any atom is -0.353 e. The third-order valence-electron chi connectivity index (χ3n) is 4.41.